The molecule has 5 heteroatoms. The van der Waals surface area contributed by atoms with Crippen molar-refractivity contribution in [1.29, 1.82) is 0 Å². The van der Waals surface area contributed by atoms with Crippen LogP contribution in [0.4, 0.5) is 0 Å². The molecule has 0 aromatic carbocycles. The lowest BCUT2D eigenvalue weighted by molar-refractivity contribution is 0.304. The second-order valence-electron chi connectivity index (χ2n) is 5.00. The van der Waals surface area contributed by atoms with Crippen LogP contribution in [0.15, 0.2) is 29.7 Å². The second kappa shape index (κ2) is 6.96. The first-order valence-corrected chi connectivity index (χ1v) is 6.14. The largest absolute Gasteiger partial charge is 0.409 e. The summed E-state index contributed by atoms with van der Waals surface area (Å²) < 4.78 is 0. The van der Waals surface area contributed by atoms with E-state index < -0.39 is 0 Å². The highest BCUT2D eigenvalue weighted by Gasteiger charge is 2.22. The molecule has 0 spiro atoms. The number of rotatable bonds is 7. The predicted octanol–water partition coefficient (Wildman–Crippen LogP) is 1.72. The molecule has 0 aliphatic heterocycles. The van der Waals surface area contributed by atoms with E-state index in [4.69, 9.17) is 10.9 Å². The smallest absolute Gasteiger partial charge is 0.144 e. The fourth-order valence-corrected chi connectivity index (χ4v) is 1.65. The molecule has 5 nitrogen and oxygen atoms in total. The highest BCUT2D eigenvalue weighted by atomic mass is 16.4. The Bertz CT molecular complexity index is 376. The summed E-state index contributed by atoms with van der Waals surface area (Å²) in [7, 11) is 0. The molecule has 18 heavy (non-hydrogen) atoms. The number of oxime groups is 1. The summed E-state index contributed by atoms with van der Waals surface area (Å²) in [5, 5.41) is 15.1. The Kier molecular flexibility index (Phi) is 5.58. The Morgan fingerprint density at radius 1 is 1.44 bits per heavy atom. The van der Waals surface area contributed by atoms with Crippen molar-refractivity contribution in [1.82, 2.24) is 10.3 Å². The average Bonchev–Trinajstić information content (AvgIpc) is 2.38. The van der Waals surface area contributed by atoms with Gasteiger partial charge in [0.05, 0.1) is 0 Å². The Balaban J connectivity index is 2.20. The van der Waals surface area contributed by atoms with Crippen LogP contribution in [-0.2, 0) is 6.54 Å². The molecule has 0 fully saturated rings. The number of nitrogens with two attached hydrogens (primary N) is 1. The Labute approximate surface area is 108 Å². The molecule has 0 radical (unpaired) electrons. The lowest BCUT2D eigenvalue weighted by Gasteiger charge is -2.22. The third-order valence-corrected chi connectivity index (χ3v) is 3.03. The molecule has 0 saturated heterocycles. The maximum atomic E-state index is 8.66. The molecule has 0 aliphatic carbocycles. The summed E-state index contributed by atoms with van der Waals surface area (Å²) >= 11 is 0. The highest BCUT2D eigenvalue weighted by molar-refractivity contribution is 5.85. The normalized spacial score (nSPS) is 12.7. The zero-order valence-corrected chi connectivity index (χ0v) is 11.1. The number of nitrogens with one attached hydrogen (secondary N) is 1. The van der Waals surface area contributed by atoms with Gasteiger partial charge in [0.1, 0.15) is 5.84 Å². The van der Waals surface area contributed by atoms with E-state index in [2.05, 4.69) is 15.5 Å². The maximum Gasteiger partial charge on any atom is 0.144 e. The van der Waals surface area contributed by atoms with Crippen LogP contribution in [0.3, 0.4) is 0 Å². The van der Waals surface area contributed by atoms with Crippen LogP contribution in [0.25, 0.3) is 0 Å². The van der Waals surface area contributed by atoms with Crippen molar-refractivity contribution in [3.8, 4) is 0 Å². The van der Waals surface area contributed by atoms with Crippen molar-refractivity contribution in [2.75, 3.05) is 6.54 Å². The zero-order valence-electron chi connectivity index (χ0n) is 11.1. The first-order chi connectivity index (χ1) is 8.56. The van der Waals surface area contributed by atoms with Crippen LogP contribution in [0.2, 0.25) is 0 Å². The number of amidine groups is 1. The van der Waals surface area contributed by atoms with Crippen LogP contribution in [0.5, 0.6) is 0 Å². The van der Waals surface area contributed by atoms with Gasteiger partial charge in [-0.2, -0.15) is 0 Å². The SMILES string of the molecule is CC(C)(CCCNCc1ccncc1)C(N)=NO. The first-order valence-electron chi connectivity index (χ1n) is 6.14. The van der Waals surface area contributed by atoms with Crippen LogP contribution < -0.4 is 11.1 Å². The molecular formula is C13H22N4O. The van der Waals surface area contributed by atoms with E-state index in [1.54, 1.807) is 12.4 Å². The van der Waals surface area contributed by atoms with Gasteiger partial charge in [0, 0.05) is 24.4 Å². The Morgan fingerprint density at radius 2 is 2.11 bits per heavy atom. The van der Waals surface area contributed by atoms with E-state index in [0.29, 0.717) is 0 Å². The van der Waals surface area contributed by atoms with Gasteiger partial charge in [-0.05, 0) is 37.1 Å². The van der Waals surface area contributed by atoms with Crippen LogP contribution in [-0.4, -0.2) is 22.6 Å². The summed E-state index contributed by atoms with van der Waals surface area (Å²) in [5.74, 6) is 0.289. The molecule has 1 aromatic heterocycles. The molecular weight excluding hydrogens is 228 g/mol. The molecule has 0 atom stereocenters. The summed E-state index contributed by atoms with van der Waals surface area (Å²) in [4.78, 5) is 3.97. The minimum Gasteiger partial charge on any atom is -0.409 e. The quantitative estimate of drug-likeness (QED) is 0.226. The molecule has 1 rings (SSSR count). The lowest BCUT2D eigenvalue weighted by Crippen LogP contribution is -2.32. The van der Waals surface area contributed by atoms with Gasteiger partial charge < -0.3 is 16.3 Å². The van der Waals surface area contributed by atoms with Gasteiger partial charge in [-0.1, -0.05) is 19.0 Å². The van der Waals surface area contributed by atoms with E-state index in [9.17, 15) is 0 Å². The lowest BCUT2D eigenvalue weighted by atomic mass is 9.86. The van der Waals surface area contributed by atoms with Crippen molar-refractivity contribution < 1.29 is 5.21 Å². The summed E-state index contributed by atoms with van der Waals surface area (Å²) in [6.07, 6.45) is 5.44. The fourth-order valence-electron chi connectivity index (χ4n) is 1.65. The zero-order chi connectivity index (χ0) is 13.4. The van der Waals surface area contributed by atoms with Crippen LogP contribution in [0.1, 0.15) is 32.3 Å². The van der Waals surface area contributed by atoms with Gasteiger partial charge in [-0.15, -0.1) is 0 Å². The monoisotopic (exact) mass is 250 g/mol. The second-order valence-corrected chi connectivity index (χ2v) is 5.00. The minimum absolute atomic E-state index is 0.257. The van der Waals surface area contributed by atoms with E-state index in [1.807, 2.05) is 26.0 Å². The standard InChI is InChI=1S/C13H22N4O/c1-13(2,12(14)17-18)6-3-7-16-10-11-4-8-15-9-5-11/h4-5,8-9,16,18H,3,6-7,10H2,1-2H3,(H2,14,17). The van der Waals surface area contributed by atoms with Gasteiger partial charge in [0.2, 0.25) is 0 Å². The number of aromatic nitrogens is 1. The minimum atomic E-state index is -0.257. The average molecular weight is 250 g/mol. The van der Waals surface area contributed by atoms with Crippen LogP contribution in [0, 0.1) is 5.41 Å². The molecule has 4 N–H and O–H groups in total. The third kappa shape index (κ3) is 4.71. The molecule has 0 saturated carbocycles. The Hall–Kier alpha value is -1.62. The first kappa shape index (κ1) is 14.4. The van der Waals surface area contributed by atoms with E-state index >= 15 is 0 Å². The molecule has 1 heterocycles. The van der Waals surface area contributed by atoms with E-state index in [0.717, 1.165) is 25.9 Å². The van der Waals surface area contributed by atoms with Gasteiger partial charge in [0.15, 0.2) is 0 Å². The highest BCUT2D eigenvalue weighted by Crippen LogP contribution is 2.21. The molecule has 0 amide bonds. The van der Waals surface area contributed by atoms with Gasteiger partial charge in [0.25, 0.3) is 0 Å². The van der Waals surface area contributed by atoms with Crippen molar-refractivity contribution in [2.24, 2.45) is 16.3 Å². The summed E-state index contributed by atoms with van der Waals surface area (Å²) in [6, 6.07) is 3.99. The predicted molar refractivity (Wildman–Crippen MR) is 72.4 cm³/mol. The number of nitrogens with zero attached hydrogens (tertiary/aromatic N) is 2. The van der Waals surface area contributed by atoms with Crippen molar-refractivity contribution in [3.63, 3.8) is 0 Å². The fraction of sp³-hybridized carbons (Fsp3) is 0.538. The molecule has 0 unspecified atom stereocenters. The summed E-state index contributed by atoms with van der Waals surface area (Å²) in [6.45, 7) is 5.70. The summed E-state index contributed by atoms with van der Waals surface area (Å²) in [5.41, 5.74) is 6.60. The van der Waals surface area contributed by atoms with Gasteiger partial charge in [-0.25, -0.2) is 0 Å². The van der Waals surface area contributed by atoms with E-state index in [-0.39, 0.29) is 11.3 Å². The molecule has 1 aromatic rings. The molecule has 0 aliphatic rings. The van der Waals surface area contributed by atoms with Crippen LogP contribution >= 0.6 is 0 Å². The molecule has 0 bridgehead atoms. The Morgan fingerprint density at radius 3 is 2.72 bits per heavy atom. The van der Waals surface area contributed by atoms with Crippen molar-refractivity contribution in [2.45, 2.75) is 33.2 Å². The third-order valence-electron chi connectivity index (χ3n) is 3.03. The van der Waals surface area contributed by atoms with E-state index in [1.165, 1.54) is 5.56 Å². The van der Waals surface area contributed by atoms with Crippen molar-refractivity contribution in [3.05, 3.63) is 30.1 Å². The number of hydrogen-bond acceptors (Lipinski definition) is 4. The van der Waals surface area contributed by atoms with Crippen molar-refractivity contribution >= 4 is 5.84 Å². The topological polar surface area (TPSA) is 83.5 Å². The maximum absolute atomic E-state index is 8.66. The number of pyridine rings is 1. The van der Waals surface area contributed by atoms with Gasteiger partial charge >= 0.3 is 0 Å². The van der Waals surface area contributed by atoms with Gasteiger partial charge in [-0.3, -0.25) is 4.98 Å². The number of hydrogen-bond donors (Lipinski definition) is 3. The molecule has 100 valence electrons.